The van der Waals surface area contributed by atoms with Crippen LogP contribution in [-0.4, -0.2) is 17.3 Å². The Balaban J connectivity index is 2.40. The quantitative estimate of drug-likeness (QED) is 0.570. The molecular weight excluding hydrogens is 312 g/mol. The Morgan fingerprint density at radius 3 is 2.65 bits per heavy atom. The molecule has 23 heavy (non-hydrogen) atoms. The summed E-state index contributed by atoms with van der Waals surface area (Å²) in [6.45, 7) is 2.09. The lowest BCUT2D eigenvalue weighted by Gasteiger charge is -2.08. The second-order valence-corrected chi connectivity index (χ2v) is 6.22. The highest BCUT2D eigenvalue weighted by molar-refractivity contribution is 7.98. The van der Waals surface area contributed by atoms with Crippen LogP contribution in [0.2, 0.25) is 0 Å². The summed E-state index contributed by atoms with van der Waals surface area (Å²) in [6, 6.07) is 8.29. The molecule has 3 rings (SSSR count). The summed E-state index contributed by atoms with van der Waals surface area (Å²) >= 11 is 1.54. The van der Waals surface area contributed by atoms with Crippen LogP contribution in [0.15, 0.2) is 44.4 Å². The normalized spacial score (nSPS) is 11.2. The summed E-state index contributed by atoms with van der Waals surface area (Å²) in [7, 11) is 0. The van der Waals surface area contributed by atoms with Crippen LogP contribution in [-0.2, 0) is 6.42 Å². The predicted molar refractivity (Wildman–Crippen MR) is 92.7 cm³/mol. The third-order valence-corrected chi connectivity index (χ3v) is 4.54. The maximum Gasteiger partial charge on any atom is 0.335 e. The number of aromatic carboxylic acids is 1. The highest BCUT2D eigenvalue weighted by Gasteiger charge is 2.14. The van der Waals surface area contributed by atoms with Gasteiger partial charge in [0.1, 0.15) is 5.58 Å². The lowest BCUT2D eigenvalue weighted by atomic mass is 10.0. The van der Waals surface area contributed by atoms with E-state index in [0.29, 0.717) is 21.9 Å². The molecule has 0 saturated carbocycles. The van der Waals surface area contributed by atoms with E-state index in [9.17, 15) is 9.59 Å². The van der Waals surface area contributed by atoms with Gasteiger partial charge in [0.2, 0.25) is 5.43 Å². The zero-order valence-corrected chi connectivity index (χ0v) is 13.7. The number of aryl methyl sites for hydroxylation is 1. The monoisotopic (exact) mass is 328 g/mol. The predicted octanol–water partition coefficient (Wildman–Crippen LogP) is 4.32. The van der Waals surface area contributed by atoms with E-state index in [2.05, 4.69) is 13.0 Å². The molecule has 0 aliphatic carbocycles. The fourth-order valence-corrected chi connectivity index (χ4v) is 3.31. The van der Waals surface area contributed by atoms with Crippen LogP contribution in [0, 0.1) is 0 Å². The molecule has 2 aromatic carbocycles. The fourth-order valence-electron chi connectivity index (χ4n) is 2.70. The molecule has 0 radical (unpaired) electrons. The third kappa shape index (κ3) is 2.72. The Morgan fingerprint density at radius 1 is 1.22 bits per heavy atom. The molecule has 0 fully saturated rings. The van der Waals surface area contributed by atoms with Crippen LogP contribution in [0.25, 0.3) is 21.9 Å². The number of hydrogen-bond donors (Lipinski definition) is 1. The molecule has 1 aromatic heterocycles. The van der Waals surface area contributed by atoms with Gasteiger partial charge in [-0.3, -0.25) is 4.79 Å². The molecule has 1 heterocycles. The molecule has 0 amide bonds. The van der Waals surface area contributed by atoms with Crippen LogP contribution in [0.3, 0.4) is 0 Å². The highest BCUT2D eigenvalue weighted by atomic mass is 32.2. The lowest BCUT2D eigenvalue weighted by molar-refractivity contribution is 0.0697. The molecule has 4 nitrogen and oxygen atoms in total. The maximum absolute atomic E-state index is 12.8. The smallest absolute Gasteiger partial charge is 0.335 e. The summed E-state index contributed by atoms with van der Waals surface area (Å²) in [5, 5.41) is 9.92. The van der Waals surface area contributed by atoms with Crippen molar-refractivity contribution in [1.29, 1.82) is 0 Å². The lowest BCUT2D eigenvalue weighted by Crippen LogP contribution is -2.05. The Labute approximate surface area is 137 Å². The second kappa shape index (κ2) is 6.08. The van der Waals surface area contributed by atoms with E-state index in [1.54, 1.807) is 6.07 Å². The van der Waals surface area contributed by atoms with Crippen molar-refractivity contribution in [1.82, 2.24) is 0 Å². The van der Waals surface area contributed by atoms with Gasteiger partial charge < -0.3 is 9.52 Å². The SMILES string of the molecule is CCCc1cc(SC)c2oc3ccc(C(=O)O)cc3c(=O)c2c1. The molecule has 0 aliphatic heterocycles. The number of hydrogen-bond acceptors (Lipinski definition) is 4. The summed E-state index contributed by atoms with van der Waals surface area (Å²) in [4.78, 5) is 24.9. The van der Waals surface area contributed by atoms with E-state index >= 15 is 0 Å². The molecule has 0 spiro atoms. The number of thioether (sulfide) groups is 1. The van der Waals surface area contributed by atoms with E-state index in [1.807, 2.05) is 12.3 Å². The summed E-state index contributed by atoms with van der Waals surface area (Å²) in [6.07, 6.45) is 3.82. The molecule has 3 aromatic rings. The van der Waals surface area contributed by atoms with E-state index in [4.69, 9.17) is 9.52 Å². The zero-order chi connectivity index (χ0) is 16.6. The minimum Gasteiger partial charge on any atom is -0.478 e. The van der Waals surface area contributed by atoms with E-state index in [-0.39, 0.29) is 11.0 Å². The van der Waals surface area contributed by atoms with Crippen molar-refractivity contribution in [2.75, 3.05) is 6.26 Å². The molecule has 0 bridgehead atoms. The number of carboxylic acids is 1. The van der Waals surface area contributed by atoms with Crippen molar-refractivity contribution in [3.8, 4) is 0 Å². The molecule has 0 saturated heterocycles. The maximum atomic E-state index is 12.8. The van der Waals surface area contributed by atoms with Crippen molar-refractivity contribution in [3.63, 3.8) is 0 Å². The van der Waals surface area contributed by atoms with Gasteiger partial charge in [-0.2, -0.15) is 0 Å². The van der Waals surface area contributed by atoms with Gasteiger partial charge in [0.15, 0.2) is 5.58 Å². The number of rotatable bonds is 4. The zero-order valence-electron chi connectivity index (χ0n) is 12.9. The minimum atomic E-state index is -1.06. The van der Waals surface area contributed by atoms with Crippen LogP contribution in [0.4, 0.5) is 0 Å². The Morgan fingerprint density at radius 2 is 2.00 bits per heavy atom. The third-order valence-electron chi connectivity index (χ3n) is 3.80. The molecule has 1 N–H and O–H groups in total. The number of fused-ring (bicyclic) bond motifs is 2. The first kappa shape index (κ1) is 15.6. The van der Waals surface area contributed by atoms with Crippen LogP contribution in [0.5, 0.6) is 0 Å². The summed E-state index contributed by atoms with van der Waals surface area (Å²) in [5.74, 6) is -1.06. The molecular formula is C18H16O4S. The fraction of sp³-hybridized carbons (Fsp3) is 0.222. The number of carboxylic acid groups (broad SMARTS) is 1. The molecule has 5 heteroatoms. The van der Waals surface area contributed by atoms with Gasteiger partial charge >= 0.3 is 5.97 Å². The van der Waals surface area contributed by atoms with Crippen molar-refractivity contribution in [2.45, 2.75) is 24.7 Å². The molecule has 0 aliphatic rings. The van der Waals surface area contributed by atoms with Gasteiger partial charge in [0.25, 0.3) is 0 Å². The van der Waals surface area contributed by atoms with Gasteiger partial charge in [-0.25, -0.2) is 4.79 Å². The first-order valence-electron chi connectivity index (χ1n) is 7.36. The van der Waals surface area contributed by atoms with Crippen LogP contribution < -0.4 is 5.43 Å². The largest absolute Gasteiger partial charge is 0.478 e. The standard InChI is InChI=1S/C18H16O4S/c1-3-4-10-7-13-16(19)12-9-11(18(20)21)5-6-14(12)22-17(13)15(8-10)23-2/h5-9H,3-4H2,1-2H3,(H,20,21). The van der Waals surface area contributed by atoms with E-state index in [0.717, 1.165) is 23.3 Å². The average molecular weight is 328 g/mol. The Bertz CT molecular complexity index is 972. The topological polar surface area (TPSA) is 67.5 Å². The minimum absolute atomic E-state index is 0.0824. The van der Waals surface area contributed by atoms with E-state index < -0.39 is 5.97 Å². The Hall–Kier alpha value is -2.27. The van der Waals surface area contributed by atoms with Crippen molar-refractivity contribution >= 4 is 39.7 Å². The number of carbonyl (C=O) groups is 1. The average Bonchev–Trinajstić information content (AvgIpc) is 2.55. The van der Waals surface area contributed by atoms with Crippen molar-refractivity contribution in [3.05, 3.63) is 51.7 Å². The molecule has 0 atom stereocenters. The highest BCUT2D eigenvalue weighted by Crippen LogP contribution is 2.30. The van der Waals surface area contributed by atoms with Gasteiger partial charge in [-0.1, -0.05) is 13.3 Å². The van der Waals surface area contributed by atoms with Crippen LogP contribution >= 0.6 is 11.8 Å². The second-order valence-electron chi connectivity index (χ2n) is 5.37. The van der Waals surface area contributed by atoms with E-state index in [1.165, 1.54) is 23.9 Å². The van der Waals surface area contributed by atoms with Gasteiger partial charge in [0.05, 0.1) is 21.2 Å². The van der Waals surface area contributed by atoms with Gasteiger partial charge in [-0.15, -0.1) is 11.8 Å². The van der Waals surface area contributed by atoms with Gasteiger partial charge in [0, 0.05) is 0 Å². The van der Waals surface area contributed by atoms with Gasteiger partial charge in [-0.05, 0) is 48.6 Å². The molecule has 118 valence electrons. The van der Waals surface area contributed by atoms with Crippen molar-refractivity contribution in [2.24, 2.45) is 0 Å². The summed E-state index contributed by atoms with van der Waals surface area (Å²) < 4.78 is 5.90. The van der Waals surface area contributed by atoms with Crippen molar-refractivity contribution < 1.29 is 14.3 Å². The molecule has 0 unspecified atom stereocenters. The summed E-state index contributed by atoms with van der Waals surface area (Å²) in [5.41, 5.74) is 1.96. The van der Waals surface area contributed by atoms with Crippen LogP contribution in [0.1, 0.15) is 29.3 Å². The first-order chi connectivity index (χ1) is 11.0. The number of benzene rings is 2. The first-order valence-corrected chi connectivity index (χ1v) is 8.58. The Kier molecular flexibility index (Phi) is 4.13.